The lowest BCUT2D eigenvalue weighted by Crippen LogP contribution is -2.34. The van der Waals surface area contributed by atoms with Crippen LogP contribution in [-0.4, -0.2) is 32.3 Å². The number of benzene rings is 2. The summed E-state index contributed by atoms with van der Waals surface area (Å²) in [6, 6.07) is 18.0. The van der Waals surface area contributed by atoms with Crippen LogP contribution in [-0.2, 0) is 4.79 Å². The van der Waals surface area contributed by atoms with Gasteiger partial charge in [-0.25, -0.2) is 9.67 Å². The highest BCUT2D eigenvalue weighted by Gasteiger charge is 2.26. The smallest absolute Gasteiger partial charge is 0.253 e. The molecule has 0 bridgehead atoms. The van der Waals surface area contributed by atoms with Gasteiger partial charge >= 0.3 is 0 Å². The maximum atomic E-state index is 13.6. The van der Waals surface area contributed by atoms with Crippen molar-refractivity contribution in [3.05, 3.63) is 87.7 Å². The zero-order valence-corrected chi connectivity index (χ0v) is 21.9. The summed E-state index contributed by atoms with van der Waals surface area (Å²) >= 11 is 1.34. The minimum atomic E-state index is -0.748. The SMILES string of the molecule is CCC(C(=O)Nc1nc(-c2ccc(OC)cc2)cs1)n1c(=O)cc(C)c2c(C)nn(-c3ccccc3)c21. The van der Waals surface area contributed by atoms with Crippen LogP contribution in [0.15, 0.2) is 70.8 Å². The van der Waals surface area contributed by atoms with Crippen molar-refractivity contribution >= 4 is 33.4 Å². The fourth-order valence-corrected chi connectivity index (χ4v) is 5.30. The van der Waals surface area contributed by atoms with Gasteiger partial charge in [-0.05, 0) is 62.2 Å². The van der Waals surface area contributed by atoms with Gasteiger partial charge in [0.15, 0.2) is 5.13 Å². The van der Waals surface area contributed by atoms with Crippen molar-refractivity contribution in [2.75, 3.05) is 12.4 Å². The summed E-state index contributed by atoms with van der Waals surface area (Å²) in [6.45, 7) is 5.71. The Kier molecular flexibility index (Phi) is 6.62. The van der Waals surface area contributed by atoms with Crippen LogP contribution in [0.5, 0.6) is 5.75 Å². The molecule has 1 N–H and O–H groups in total. The lowest BCUT2D eigenvalue weighted by molar-refractivity contribution is -0.119. The van der Waals surface area contributed by atoms with Gasteiger partial charge in [-0.1, -0.05) is 25.1 Å². The van der Waals surface area contributed by atoms with Gasteiger partial charge < -0.3 is 10.1 Å². The molecule has 8 nitrogen and oxygen atoms in total. The quantitative estimate of drug-likeness (QED) is 0.309. The number of hydrogen-bond acceptors (Lipinski definition) is 6. The van der Waals surface area contributed by atoms with E-state index < -0.39 is 6.04 Å². The Morgan fingerprint density at radius 1 is 1.11 bits per heavy atom. The molecule has 0 saturated heterocycles. The highest BCUT2D eigenvalue weighted by atomic mass is 32.1. The molecule has 5 rings (SSSR count). The predicted molar refractivity (Wildman–Crippen MR) is 147 cm³/mol. The van der Waals surface area contributed by atoms with Gasteiger partial charge in [0, 0.05) is 22.4 Å². The molecule has 3 aromatic heterocycles. The van der Waals surface area contributed by atoms with E-state index >= 15 is 0 Å². The number of thiazole rings is 1. The monoisotopic (exact) mass is 513 g/mol. The number of ether oxygens (including phenoxy) is 1. The summed E-state index contributed by atoms with van der Waals surface area (Å²) in [4.78, 5) is 31.5. The first-order chi connectivity index (χ1) is 17.9. The van der Waals surface area contributed by atoms with Crippen molar-refractivity contribution in [3.63, 3.8) is 0 Å². The van der Waals surface area contributed by atoms with E-state index in [4.69, 9.17) is 9.84 Å². The second-order valence-corrected chi connectivity index (χ2v) is 9.60. The molecule has 9 heteroatoms. The molecule has 1 unspecified atom stereocenters. The van der Waals surface area contributed by atoms with E-state index in [0.29, 0.717) is 17.2 Å². The van der Waals surface area contributed by atoms with Crippen molar-refractivity contribution in [1.82, 2.24) is 19.3 Å². The molecular weight excluding hydrogens is 486 g/mol. The fourth-order valence-electron chi connectivity index (χ4n) is 4.58. The third kappa shape index (κ3) is 4.53. The third-order valence-corrected chi connectivity index (χ3v) is 7.12. The lowest BCUT2D eigenvalue weighted by Gasteiger charge is -2.20. The average Bonchev–Trinajstić information content (AvgIpc) is 3.51. The van der Waals surface area contributed by atoms with Gasteiger partial charge in [-0.15, -0.1) is 11.3 Å². The van der Waals surface area contributed by atoms with Crippen LogP contribution in [0.3, 0.4) is 0 Å². The van der Waals surface area contributed by atoms with E-state index in [9.17, 15) is 9.59 Å². The second-order valence-electron chi connectivity index (χ2n) is 8.75. The average molecular weight is 514 g/mol. The first kappa shape index (κ1) is 24.5. The number of pyridine rings is 1. The highest BCUT2D eigenvalue weighted by molar-refractivity contribution is 7.14. The summed E-state index contributed by atoms with van der Waals surface area (Å²) in [5.74, 6) is 0.460. The van der Waals surface area contributed by atoms with Crippen LogP contribution in [0, 0.1) is 13.8 Å². The molecule has 0 aliphatic carbocycles. The van der Waals surface area contributed by atoms with Crippen molar-refractivity contribution in [2.24, 2.45) is 0 Å². The zero-order chi connectivity index (χ0) is 26.1. The van der Waals surface area contributed by atoms with Gasteiger partial charge in [0.2, 0.25) is 5.91 Å². The molecule has 37 heavy (non-hydrogen) atoms. The molecule has 2 aromatic carbocycles. The van der Waals surface area contributed by atoms with Crippen molar-refractivity contribution in [1.29, 1.82) is 0 Å². The number of aryl methyl sites for hydroxylation is 2. The number of nitrogens with zero attached hydrogens (tertiary/aromatic N) is 4. The van der Waals surface area contributed by atoms with Crippen LogP contribution in [0.2, 0.25) is 0 Å². The van der Waals surface area contributed by atoms with Crippen molar-refractivity contribution in [2.45, 2.75) is 33.2 Å². The number of hydrogen-bond donors (Lipinski definition) is 1. The Morgan fingerprint density at radius 2 is 1.84 bits per heavy atom. The standard InChI is InChI=1S/C28H27N5O3S/c1-5-23(26(35)30-28-29-22(16-37-28)19-11-13-21(36-4)14-12-19)32-24(34)15-17(2)25-18(3)31-33(27(25)32)20-9-7-6-8-10-20/h6-16,23H,5H2,1-4H3,(H,29,30,35). The number of carbonyl (C=O) groups is 1. The number of methoxy groups -OCH3 is 1. The maximum Gasteiger partial charge on any atom is 0.253 e. The number of fused-ring (bicyclic) bond motifs is 1. The molecule has 5 aromatic rings. The topological polar surface area (TPSA) is 91.0 Å². The van der Waals surface area contributed by atoms with Crippen LogP contribution >= 0.6 is 11.3 Å². The maximum absolute atomic E-state index is 13.6. The number of anilines is 1. The Bertz CT molecular complexity index is 1630. The van der Waals surface area contributed by atoms with Gasteiger partial charge in [-0.3, -0.25) is 14.2 Å². The van der Waals surface area contributed by atoms with E-state index in [2.05, 4.69) is 10.3 Å². The fraction of sp³-hybridized carbons (Fsp3) is 0.214. The molecule has 1 atom stereocenters. The van der Waals surface area contributed by atoms with Gasteiger partial charge in [-0.2, -0.15) is 5.10 Å². The minimum absolute atomic E-state index is 0.248. The van der Waals surface area contributed by atoms with E-state index in [-0.39, 0.29) is 11.5 Å². The van der Waals surface area contributed by atoms with Crippen LogP contribution in [0.1, 0.15) is 30.6 Å². The minimum Gasteiger partial charge on any atom is -0.497 e. The summed E-state index contributed by atoms with van der Waals surface area (Å²) < 4.78 is 8.53. The van der Waals surface area contributed by atoms with Crippen molar-refractivity contribution < 1.29 is 9.53 Å². The molecule has 0 aliphatic rings. The van der Waals surface area contributed by atoms with Crippen LogP contribution in [0.4, 0.5) is 5.13 Å². The summed E-state index contributed by atoms with van der Waals surface area (Å²) in [6.07, 6.45) is 0.416. The molecule has 0 spiro atoms. The number of rotatable bonds is 7. The predicted octanol–water partition coefficient (Wildman–Crippen LogP) is 5.53. The first-order valence-corrected chi connectivity index (χ1v) is 12.9. The number of para-hydroxylation sites is 1. The van der Waals surface area contributed by atoms with Gasteiger partial charge in [0.1, 0.15) is 17.4 Å². The Labute approximate surface area is 218 Å². The zero-order valence-electron chi connectivity index (χ0n) is 21.1. The number of nitrogens with one attached hydrogen (secondary N) is 1. The van der Waals surface area contributed by atoms with E-state index in [1.165, 1.54) is 11.3 Å². The summed E-state index contributed by atoms with van der Waals surface area (Å²) in [5, 5.41) is 10.9. The van der Waals surface area contributed by atoms with Crippen molar-refractivity contribution in [3.8, 4) is 22.7 Å². The molecule has 188 valence electrons. The Balaban J connectivity index is 1.53. The highest BCUT2D eigenvalue weighted by Crippen LogP contribution is 2.29. The third-order valence-electron chi connectivity index (χ3n) is 6.36. The second kappa shape index (κ2) is 10.0. The Morgan fingerprint density at radius 3 is 2.51 bits per heavy atom. The molecule has 1 amide bonds. The van der Waals surface area contributed by atoms with Gasteiger partial charge in [0.05, 0.1) is 24.2 Å². The first-order valence-electron chi connectivity index (χ1n) is 12.0. The van der Waals surface area contributed by atoms with Gasteiger partial charge in [0.25, 0.3) is 5.56 Å². The number of aromatic nitrogens is 4. The van der Waals surface area contributed by atoms with E-state index in [1.807, 2.05) is 80.7 Å². The molecular formula is C28H27N5O3S. The molecule has 0 aliphatic heterocycles. The Hall–Kier alpha value is -4.24. The summed E-state index contributed by atoms with van der Waals surface area (Å²) in [5.41, 5.74) is 4.47. The summed E-state index contributed by atoms with van der Waals surface area (Å²) in [7, 11) is 1.62. The molecule has 3 heterocycles. The molecule has 0 fully saturated rings. The van der Waals surface area contributed by atoms with E-state index in [0.717, 1.165) is 39.3 Å². The number of carbonyl (C=O) groups excluding carboxylic acids is 1. The number of amides is 1. The largest absolute Gasteiger partial charge is 0.497 e. The molecule has 0 radical (unpaired) electrons. The normalized spacial score (nSPS) is 12.0. The van der Waals surface area contributed by atoms with Crippen LogP contribution < -0.4 is 15.6 Å². The molecule has 0 saturated carbocycles. The van der Waals surface area contributed by atoms with Crippen LogP contribution in [0.25, 0.3) is 28.0 Å². The van der Waals surface area contributed by atoms with E-state index in [1.54, 1.807) is 22.4 Å². The lowest BCUT2D eigenvalue weighted by atomic mass is 10.1.